The molecule has 1 aliphatic heterocycles. The van der Waals surface area contributed by atoms with E-state index in [1.807, 2.05) is 24.0 Å². The zero-order chi connectivity index (χ0) is 14.0. The third kappa shape index (κ3) is 2.75. The number of aryl methyl sites for hydroxylation is 1. The van der Waals surface area contributed by atoms with Crippen LogP contribution in [0.3, 0.4) is 0 Å². The highest BCUT2D eigenvalue weighted by Gasteiger charge is 2.37. The van der Waals surface area contributed by atoms with Crippen LogP contribution in [0.4, 0.5) is 5.69 Å². The number of carbonyl (C=O) groups excluding carboxylic acids is 1. The van der Waals surface area contributed by atoms with Gasteiger partial charge in [0, 0.05) is 24.3 Å². The lowest BCUT2D eigenvalue weighted by Gasteiger charge is -2.26. The van der Waals surface area contributed by atoms with E-state index in [4.69, 9.17) is 5.73 Å². The molecule has 0 radical (unpaired) electrons. The van der Waals surface area contributed by atoms with Crippen LogP contribution in [0, 0.1) is 12.3 Å². The van der Waals surface area contributed by atoms with E-state index in [-0.39, 0.29) is 5.91 Å². The molecule has 19 heavy (non-hydrogen) atoms. The summed E-state index contributed by atoms with van der Waals surface area (Å²) < 4.78 is 0. The van der Waals surface area contributed by atoms with Gasteiger partial charge in [0.05, 0.1) is 0 Å². The van der Waals surface area contributed by atoms with Gasteiger partial charge >= 0.3 is 0 Å². The van der Waals surface area contributed by atoms with Crippen LogP contribution in [-0.4, -0.2) is 23.9 Å². The third-order valence-electron chi connectivity index (χ3n) is 4.57. The highest BCUT2D eigenvalue weighted by molar-refractivity contribution is 5.95. The smallest absolute Gasteiger partial charge is 0.253 e. The Bertz CT molecular complexity index is 457. The second-order valence-electron chi connectivity index (χ2n) is 5.82. The minimum absolute atomic E-state index is 0.124. The van der Waals surface area contributed by atoms with Crippen LogP contribution in [0.2, 0.25) is 0 Å². The van der Waals surface area contributed by atoms with Crippen molar-refractivity contribution in [2.75, 3.05) is 18.8 Å². The molecule has 0 aromatic heterocycles. The highest BCUT2D eigenvalue weighted by Crippen LogP contribution is 2.37. The van der Waals surface area contributed by atoms with E-state index in [9.17, 15) is 4.79 Å². The highest BCUT2D eigenvalue weighted by atomic mass is 16.2. The molecule has 0 unspecified atom stereocenters. The van der Waals surface area contributed by atoms with Crippen LogP contribution in [0.5, 0.6) is 0 Å². The largest absolute Gasteiger partial charge is 0.399 e. The Morgan fingerprint density at radius 1 is 1.32 bits per heavy atom. The summed E-state index contributed by atoms with van der Waals surface area (Å²) in [7, 11) is 0. The van der Waals surface area contributed by atoms with Crippen molar-refractivity contribution in [2.45, 2.75) is 40.0 Å². The van der Waals surface area contributed by atoms with Crippen molar-refractivity contribution in [3.63, 3.8) is 0 Å². The van der Waals surface area contributed by atoms with E-state index in [1.165, 1.54) is 0 Å². The molecule has 1 aromatic carbocycles. The first kappa shape index (κ1) is 13.9. The minimum atomic E-state index is 0.124. The number of hydrogen-bond acceptors (Lipinski definition) is 2. The molecule has 1 heterocycles. The average molecular weight is 260 g/mol. The number of nitrogens with zero attached hydrogens (tertiary/aromatic N) is 1. The Hall–Kier alpha value is -1.51. The van der Waals surface area contributed by atoms with Gasteiger partial charge in [-0.1, -0.05) is 13.8 Å². The summed E-state index contributed by atoms with van der Waals surface area (Å²) in [6.45, 7) is 8.17. The van der Waals surface area contributed by atoms with E-state index < -0.39 is 0 Å². The molecule has 1 amide bonds. The number of likely N-dealkylation sites (tertiary alicyclic amines) is 1. The summed E-state index contributed by atoms with van der Waals surface area (Å²) in [5.41, 5.74) is 8.59. The predicted molar refractivity (Wildman–Crippen MR) is 79.1 cm³/mol. The fourth-order valence-corrected chi connectivity index (χ4v) is 3.05. The first-order valence-electron chi connectivity index (χ1n) is 7.16. The van der Waals surface area contributed by atoms with Crippen molar-refractivity contribution in [2.24, 2.45) is 5.41 Å². The summed E-state index contributed by atoms with van der Waals surface area (Å²) >= 11 is 0. The summed E-state index contributed by atoms with van der Waals surface area (Å²) in [5, 5.41) is 0. The lowest BCUT2D eigenvalue weighted by atomic mass is 9.82. The second-order valence-corrected chi connectivity index (χ2v) is 5.82. The monoisotopic (exact) mass is 260 g/mol. The zero-order valence-electron chi connectivity index (χ0n) is 12.2. The van der Waals surface area contributed by atoms with Crippen molar-refractivity contribution in [3.8, 4) is 0 Å². The Labute approximate surface area is 115 Å². The maximum atomic E-state index is 12.5. The Morgan fingerprint density at radius 2 is 2.00 bits per heavy atom. The molecule has 3 nitrogen and oxygen atoms in total. The number of benzene rings is 1. The van der Waals surface area contributed by atoms with Gasteiger partial charge in [-0.25, -0.2) is 0 Å². The molecule has 0 atom stereocenters. The van der Waals surface area contributed by atoms with Crippen molar-refractivity contribution < 1.29 is 4.79 Å². The lowest BCUT2D eigenvalue weighted by Crippen LogP contribution is -2.31. The SMILES string of the molecule is CCC1(CC)CCN(C(=O)c2cc(C)cc(N)c2)C1. The van der Waals surface area contributed by atoms with Gasteiger partial charge in [0.1, 0.15) is 0 Å². The van der Waals surface area contributed by atoms with Gasteiger partial charge in [0.2, 0.25) is 0 Å². The van der Waals surface area contributed by atoms with Crippen molar-refractivity contribution in [1.29, 1.82) is 0 Å². The average Bonchev–Trinajstić information content (AvgIpc) is 2.82. The maximum Gasteiger partial charge on any atom is 0.253 e. The maximum absolute atomic E-state index is 12.5. The fraction of sp³-hybridized carbons (Fsp3) is 0.562. The Kier molecular flexibility index (Phi) is 3.83. The van der Waals surface area contributed by atoms with Gasteiger partial charge in [-0.3, -0.25) is 4.79 Å². The normalized spacial score (nSPS) is 17.7. The van der Waals surface area contributed by atoms with Gasteiger partial charge < -0.3 is 10.6 Å². The van der Waals surface area contributed by atoms with E-state index in [0.717, 1.165) is 43.5 Å². The number of nitrogens with two attached hydrogens (primary N) is 1. The molecule has 1 fully saturated rings. The van der Waals surface area contributed by atoms with E-state index in [1.54, 1.807) is 6.07 Å². The van der Waals surface area contributed by atoms with Crippen molar-refractivity contribution in [3.05, 3.63) is 29.3 Å². The molecule has 2 N–H and O–H groups in total. The molecule has 2 rings (SSSR count). The standard InChI is InChI=1S/C16H24N2O/c1-4-16(5-2)6-7-18(11-16)15(19)13-8-12(3)9-14(17)10-13/h8-10H,4-7,11,17H2,1-3H3. The molecule has 1 aliphatic rings. The van der Waals surface area contributed by atoms with Gasteiger partial charge in [-0.2, -0.15) is 0 Å². The number of carbonyl (C=O) groups is 1. The summed E-state index contributed by atoms with van der Waals surface area (Å²) in [4.78, 5) is 14.5. The van der Waals surface area contributed by atoms with Gasteiger partial charge in [0.25, 0.3) is 5.91 Å². The second kappa shape index (κ2) is 5.24. The number of hydrogen-bond donors (Lipinski definition) is 1. The van der Waals surface area contributed by atoms with Crippen LogP contribution in [0.1, 0.15) is 49.0 Å². The first-order chi connectivity index (χ1) is 8.99. The van der Waals surface area contributed by atoms with Gasteiger partial charge in [-0.15, -0.1) is 0 Å². The molecule has 104 valence electrons. The molecule has 0 bridgehead atoms. The molecular formula is C16H24N2O. The lowest BCUT2D eigenvalue weighted by molar-refractivity contribution is 0.0770. The third-order valence-corrected chi connectivity index (χ3v) is 4.57. The van der Waals surface area contributed by atoms with Crippen molar-refractivity contribution >= 4 is 11.6 Å². The number of anilines is 1. The molecular weight excluding hydrogens is 236 g/mol. The Morgan fingerprint density at radius 3 is 2.53 bits per heavy atom. The fourth-order valence-electron chi connectivity index (χ4n) is 3.05. The van der Waals surface area contributed by atoms with Crippen LogP contribution in [0.25, 0.3) is 0 Å². The van der Waals surface area contributed by atoms with E-state index in [2.05, 4.69) is 13.8 Å². The number of amides is 1. The number of rotatable bonds is 3. The zero-order valence-corrected chi connectivity index (χ0v) is 12.2. The molecule has 0 aliphatic carbocycles. The molecule has 1 saturated heterocycles. The topological polar surface area (TPSA) is 46.3 Å². The molecule has 0 saturated carbocycles. The number of nitrogen functional groups attached to an aromatic ring is 1. The van der Waals surface area contributed by atoms with Crippen molar-refractivity contribution in [1.82, 2.24) is 4.90 Å². The Balaban J connectivity index is 2.17. The van der Waals surface area contributed by atoms with Crippen LogP contribution in [-0.2, 0) is 0 Å². The molecule has 1 aromatic rings. The predicted octanol–water partition coefficient (Wildman–Crippen LogP) is 3.23. The van der Waals surface area contributed by atoms with Gasteiger partial charge in [0.15, 0.2) is 0 Å². The minimum Gasteiger partial charge on any atom is -0.399 e. The van der Waals surface area contributed by atoms with E-state index in [0.29, 0.717) is 11.1 Å². The summed E-state index contributed by atoms with van der Waals surface area (Å²) in [5.74, 6) is 0.124. The molecule has 0 spiro atoms. The van der Waals surface area contributed by atoms with E-state index >= 15 is 0 Å². The van der Waals surface area contributed by atoms with Gasteiger partial charge in [-0.05, 0) is 55.4 Å². The van der Waals surface area contributed by atoms with Crippen LogP contribution >= 0.6 is 0 Å². The summed E-state index contributed by atoms with van der Waals surface area (Å²) in [6.07, 6.45) is 3.40. The quantitative estimate of drug-likeness (QED) is 0.848. The summed E-state index contributed by atoms with van der Waals surface area (Å²) in [6, 6.07) is 5.60. The van der Waals surface area contributed by atoms with Crippen LogP contribution in [0.15, 0.2) is 18.2 Å². The van der Waals surface area contributed by atoms with Crippen LogP contribution < -0.4 is 5.73 Å². The first-order valence-corrected chi connectivity index (χ1v) is 7.16. The molecule has 3 heteroatoms.